The highest BCUT2D eigenvalue weighted by molar-refractivity contribution is 6.08. The van der Waals surface area contributed by atoms with Gasteiger partial charge in [-0.3, -0.25) is 29.4 Å². The molecule has 2 fully saturated rings. The molecule has 3 amide bonds. The number of nitro groups is 1. The molecule has 0 radical (unpaired) electrons. The summed E-state index contributed by atoms with van der Waals surface area (Å²) in [6, 6.07) is 5.54. The van der Waals surface area contributed by atoms with Crippen molar-refractivity contribution in [3.8, 4) is 0 Å². The summed E-state index contributed by atoms with van der Waals surface area (Å²) in [7, 11) is 0. The number of carbonyl (C=O) groups excluding carboxylic acids is 3. The summed E-state index contributed by atoms with van der Waals surface area (Å²) >= 11 is 0. The molecule has 0 N–H and O–H groups in total. The van der Waals surface area contributed by atoms with Crippen molar-refractivity contribution >= 4 is 29.1 Å². The number of anilines is 1. The average molecular weight is 412 g/mol. The van der Waals surface area contributed by atoms with Gasteiger partial charge in [0.15, 0.2) is 0 Å². The molecule has 4 rings (SSSR count). The molecule has 1 aromatic carbocycles. The first-order valence-corrected chi connectivity index (χ1v) is 10.2. The Morgan fingerprint density at radius 3 is 2.03 bits per heavy atom. The maximum absolute atomic E-state index is 13.0. The molecule has 30 heavy (non-hydrogen) atoms. The number of benzene rings is 1. The number of carbonyl (C=O) groups is 3. The van der Waals surface area contributed by atoms with E-state index in [0.29, 0.717) is 39.0 Å². The second-order valence-electron chi connectivity index (χ2n) is 7.96. The lowest BCUT2D eigenvalue weighted by Gasteiger charge is -2.38. The number of allylic oxidation sites excluding steroid dienone is 2. The van der Waals surface area contributed by atoms with E-state index in [0.717, 1.165) is 5.69 Å². The molecule has 1 aromatic rings. The molecule has 1 aliphatic carbocycles. The Morgan fingerprint density at radius 2 is 1.53 bits per heavy atom. The Balaban J connectivity index is 1.37. The van der Waals surface area contributed by atoms with E-state index in [1.54, 1.807) is 24.0 Å². The molecule has 0 unspecified atom stereocenters. The van der Waals surface area contributed by atoms with Crippen LogP contribution in [0.15, 0.2) is 36.4 Å². The summed E-state index contributed by atoms with van der Waals surface area (Å²) in [5, 5.41) is 10.8. The fourth-order valence-electron chi connectivity index (χ4n) is 4.55. The Labute approximate surface area is 174 Å². The van der Waals surface area contributed by atoms with Crippen LogP contribution in [-0.2, 0) is 14.4 Å². The van der Waals surface area contributed by atoms with E-state index in [-0.39, 0.29) is 35.2 Å². The first-order valence-electron chi connectivity index (χ1n) is 10.2. The molecular weight excluding hydrogens is 388 g/mol. The lowest BCUT2D eigenvalue weighted by molar-refractivity contribution is -0.384. The van der Waals surface area contributed by atoms with Crippen LogP contribution < -0.4 is 4.90 Å². The van der Waals surface area contributed by atoms with Crippen LogP contribution in [0, 0.1) is 22.0 Å². The highest BCUT2D eigenvalue weighted by atomic mass is 16.6. The SMILES string of the molecule is C[C@@H](C(=O)N1CCN(c2ccc([N+](=O)[O-])cc2)CC1)N1C(=O)[C@H]2CC=CC[C@H]2C1=O. The van der Waals surface area contributed by atoms with Crippen LogP contribution in [0.5, 0.6) is 0 Å². The van der Waals surface area contributed by atoms with Crippen molar-refractivity contribution in [2.75, 3.05) is 31.1 Å². The van der Waals surface area contributed by atoms with Crippen LogP contribution in [0.1, 0.15) is 19.8 Å². The van der Waals surface area contributed by atoms with Gasteiger partial charge in [0, 0.05) is 44.0 Å². The summed E-state index contributed by atoms with van der Waals surface area (Å²) in [5.41, 5.74) is 0.902. The van der Waals surface area contributed by atoms with E-state index >= 15 is 0 Å². The van der Waals surface area contributed by atoms with Crippen molar-refractivity contribution in [3.63, 3.8) is 0 Å². The fraction of sp³-hybridized carbons (Fsp3) is 0.476. The predicted molar refractivity (Wildman–Crippen MR) is 109 cm³/mol. The van der Waals surface area contributed by atoms with Gasteiger partial charge in [-0.1, -0.05) is 12.2 Å². The fourth-order valence-corrected chi connectivity index (χ4v) is 4.55. The summed E-state index contributed by atoms with van der Waals surface area (Å²) in [6.45, 7) is 3.71. The monoisotopic (exact) mass is 412 g/mol. The predicted octanol–water partition coefficient (Wildman–Crippen LogP) is 1.58. The maximum Gasteiger partial charge on any atom is 0.269 e. The molecule has 9 nitrogen and oxygen atoms in total. The molecule has 3 atom stereocenters. The topological polar surface area (TPSA) is 104 Å². The van der Waals surface area contributed by atoms with Crippen LogP contribution in [0.4, 0.5) is 11.4 Å². The normalized spacial score (nSPS) is 24.8. The molecule has 2 aliphatic heterocycles. The molecule has 0 saturated carbocycles. The number of imide groups is 1. The third kappa shape index (κ3) is 3.44. The number of nitrogens with zero attached hydrogens (tertiary/aromatic N) is 4. The second-order valence-corrected chi connectivity index (χ2v) is 7.96. The van der Waals surface area contributed by atoms with Gasteiger partial charge in [0.25, 0.3) is 5.69 Å². The number of rotatable bonds is 4. The summed E-state index contributed by atoms with van der Waals surface area (Å²) in [6.07, 6.45) is 4.97. The number of fused-ring (bicyclic) bond motifs is 1. The van der Waals surface area contributed by atoms with Crippen molar-refractivity contribution in [3.05, 3.63) is 46.5 Å². The molecule has 158 valence electrons. The van der Waals surface area contributed by atoms with Gasteiger partial charge in [-0.05, 0) is 31.9 Å². The summed E-state index contributed by atoms with van der Waals surface area (Å²) in [5.74, 6) is -1.36. The Bertz CT molecular complexity index is 878. The van der Waals surface area contributed by atoms with E-state index < -0.39 is 11.0 Å². The number of nitro benzene ring substituents is 1. The van der Waals surface area contributed by atoms with Crippen molar-refractivity contribution in [2.24, 2.45) is 11.8 Å². The zero-order chi connectivity index (χ0) is 21.4. The quantitative estimate of drug-likeness (QED) is 0.322. The van der Waals surface area contributed by atoms with Crippen molar-refractivity contribution in [1.82, 2.24) is 9.80 Å². The highest BCUT2D eigenvalue weighted by Gasteiger charge is 2.50. The number of piperazine rings is 1. The lowest BCUT2D eigenvalue weighted by atomic mass is 9.85. The van der Waals surface area contributed by atoms with E-state index in [1.165, 1.54) is 17.0 Å². The van der Waals surface area contributed by atoms with Gasteiger partial charge in [0.05, 0.1) is 16.8 Å². The number of hydrogen-bond acceptors (Lipinski definition) is 6. The van der Waals surface area contributed by atoms with Crippen molar-refractivity contribution in [1.29, 1.82) is 0 Å². The third-order valence-corrected chi connectivity index (χ3v) is 6.30. The van der Waals surface area contributed by atoms with Crippen molar-refractivity contribution < 1.29 is 19.3 Å². The van der Waals surface area contributed by atoms with Gasteiger partial charge in [-0.25, -0.2) is 0 Å². The molecule has 3 aliphatic rings. The number of hydrogen-bond donors (Lipinski definition) is 0. The third-order valence-electron chi connectivity index (χ3n) is 6.30. The number of amides is 3. The standard InChI is InChI=1S/C21H24N4O5/c1-14(24-20(27)17-4-2-3-5-18(17)21(24)28)19(26)23-12-10-22(11-13-23)15-6-8-16(9-7-15)25(29)30/h2-3,6-9,14,17-18H,4-5,10-13H2,1H3/t14-,17-,18+/m0/s1. The minimum absolute atomic E-state index is 0.0390. The molecule has 2 saturated heterocycles. The van der Waals surface area contributed by atoms with Gasteiger partial charge in [0.2, 0.25) is 17.7 Å². The van der Waals surface area contributed by atoms with Crippen LogP contribution >= 0.6 is 0 Å². The minimum atomic E-state index is -0.804. The molecule has 2 heterocycles. The van der Waals surface area contributed by atoms with Gasteiger partial charge >= 0.3 is 0 Å². The average Bonchev–Trinajstić information content (AvgIpc) is 3.03. The summed E-state index contributed by atoms with van der Waals surface area (Å²) in [4.78, 5) is 53.8. The molecular formula is C21H24N4O5. The zero-order valence-electron chi connectivity index (χ0n) is 16.8. The van der Waals surface area contributed by atoms with Crippen LogP contribution in [0.2, 0.25) is 0 Å². The molecule has 9 heteroatoms. The largest absolute Gasteiger partial charge is 0.368 e. The molecule has 0 bridgehead atoms. The Kier molecular flexibility index (Phi) is 5.27. The van der Waals surface area contributed by atoms with Gasteiger partial charge < -0.3 is 9.80 Å². The smallest absolute Gasteiger partial charge is 0.269 e. The summed E-state index contributed by atoms with van der Waals surface area (Å²) < 4.78 is 0. The Hall–Kier alpha value is -3.23. The van der Waals surface area contributed by atoms with Gasteiger partial charge in [-0.15, -0.1) is 0 Å². The molecule has 0 aromatic heterocycles. The minimum Gasteiger partial charge on any atom is -0.368 e. The first-order chi connectivity index (χ1) is 14.4. The molecule has 0 spiro atoms. The zero-order valence-corrected chi connectivity index (χ0v) is 16.8. The van der Waals surface area contributed by atoms with Gasteiger partial charge in [-0.2, -0.15) is 0 Å². The van der Waals surface area contributed by atoms with E-state index in [1.807, 2.05) is 12.2 Å². The van der Waals surface area contributed by atoms with Gasteiger partial charge in [0.1, 0.15) is 6.04 Å². The number of non-ortho nitro benzene ring substituents is 1. The van der Waals surface area contributed by atoms with E-state index in [4.69, 9.17) is 0 Å². The van der Waals surface area contributed by atoms with E-state index in [9.17, 15) is 24.5 Å². The number of likely N-dealkylation sites (tertiary alicyclic amines) is 1. The maximum atomic E-state index is 13.0. The van der Waals surface area contributed by atoms with Crippen molar-refractivity contribution in [2.45, 2.75) is 25.8 Å². The van der Waals surface area contributed by atoms with Crippen LogP contribution in [0.25, 0.3) is 0 Å². The van der Waals surface area contributed by atoms with E-state index in [2.05, 4.69) is 4.90 Å². The highest BCUT2D eigenvalue weighted by Crippen LogP contribution is 2.36. The first kappa shape index (κ1) is 20.1. The van der Waals surface area contributed by atoms with Crippen LogP contribution in [-0.4, -0.2) is 64.7 Å². The second kappa shape index (κ2) is 7.89. The Morgan fingerprint density at radius 1 is 1.00 bits per heavy atom. The lowest BCUT2D eigenvalue weighted by Crippen LogP contribution is -2.55. The van der Waals surface area contributed by atoms with Crippen LogP contribution in [0.3, 0.4) is 0 Å².